The second-order valence-corrected chi connectivity index (χ2v) is 5.80. The topological polar surface area (TPSA) is 37.3 Å². The highest BCUT2D eigenvalue weighted by Gasteiger charge is 2.35. The van der Waals surface area contributed by atoms with Crippen LogP contribution in [0, 0.1) is 0 Å². The Morgan fingerprint density at radius 2 is 1.75 bits per heavy atom. The van der Waals surface area contributed by atoms with E-state index in [1.54, 1.807) is 6.07 Å². The molecule has 102 valence electrons. The predicted molar refractivity (Wildman–Crippen MR) is 79.7 cm³/mol. The van der Waals surface area contributed by atoms with Crippen LogP contribution in [0.2, 0.25) is 10.0 Å². The Bertz CT molecular complexity index is 682. The lowest BCUT2D eigenvalue weighted by Crippen LogP contribution is -2.08. The summed E-state index contributed by atoms with van der Waals surface area (Å²) < 4.78 is 0. The molecule has 20 heavy (non-hydrogen) atoms. The minimum atomic E-state index is -0.778. The van der Waals surface area contributed by atoms with E-state index in [2.05, 4.69) is 0 Å². The maximum atomic E-state index is 11.4. The zero-order valence-electron chi connectivity index (χ0n) is 10.5. The van der Waals surface area contributed by atoms with Gasteiger partial charge in [0.25, 0.3) is 0 Å². The Morgan fingerprint density at radius 3 is 2.40 bits per heavy atom. The van der Waals surface area contributed by atoms with Gasteiger partial charge in [0.1, 0.15) is 0 Å². The number of hydrogen-bond donors (Lipinski definition) is 1. The summed E-state index contributed by atoms with van der Waals surface area (Å²) in [6.07, 6.45) is 0.562. The second kappa shape index (κ2) is 5.12. The number of carbonyl (C=O) groups is 1. The van der Waals surface area contributed by atoms with Crippen LogP contribution in [-0.2, 0) is 4.79 Å². The van der Waals surface area contributed by atoms with Crippen LogP contribution in [0.25, 0.3) is 0 Å². The molecular formula is C16H12Cl2O2. The normalized spacial score (nSPS) is 20.7. The van der Waals surface area contributed by atoms with Crippen molar-refractivity contribution < 1.29 is 9.90 Å². The molecule has 0 amide bonds. The molecule has 2 nitrogen and oxygen atoms in total. The number of aliphatic carboxylic acids is 1. The van der Waals surface area contributed by atoms with Gasteiger partial charge in [-0.1, -0.05) is 53.5 Å². The van der Waals surface area contributed by atoms with E-state index in [4.69, 9.17) is 23.2 Å². The molecule has 4 heteroatoms. The van der Waals surface area contributed by atoms with Gasteiger partial charge in [-0.15, -0.1) is 0 Å². The SMILES string of the molecule is O=C(O)[C@@H]1C[C@@H](c2ccc(Cl)c(Cl)c2)c2ccccc21. The second-order valence-electron chi connectivity index (χ2n) is 4.98. The third-order valence-corrected chi connectivity index (χ3v) is 4.60. The predicted octanol–water partition coefficient (Wildman–Crippen LogP) is 4.70. The van der Waals surface area contributed by atoms with Gasteiger partial charge in [-0.3, -0.25) is 4.79 Å². The molecule has 3 rings (SSSR count). The number of hydrogen-bond acceptors (Lipinski definition) is 1. The molecule has 2 aromatic rings. The highest BCUT2D eigenvalue weighted by Crippen LogP contribution is 2.46. The van der Waals surface area contributed by atoms with Crippen molar-refractivity contribution in [3.63, 3.8) is 0 Å². The van der Waals surface area contributed by atoms with Gasteiger partial charge in [0, 0.05) is 5.92 Å². The van der Waals surface area contributed by atoms with Crippen molar-refractivity contribution in [2.75, 3.05) is 0 Å². The fourth-order valence-corrected chi connectivity index (χ4v) is 3.22. The van der Waals surface area contributed by atoms with Crippen molar-refractivity contribution in [3.05, 3.63) is 69.2 Å². The molecule has 0 saturated heterocycles. The first kappa shape index (κ1) is 13.5. The number of carboxylic acids is 1. The van der Waals surface area contributed by atoms with Gasteiger partial charge >= 0.3 is 5.97 Å². The summed E-state index contributed by atoms with van der Waals surface area (Å²) in [4.78, 5) is 11.4. The quantitative estimate of drug-likeness (QED) is 0.873. The van der Waals surface area contributed by atoms with Crippen molar-refractivity contribution in [2.24, 2.45) is 0 Å². The third-order valence-electron chi connectivity index (χ3n) is 3.86. The summed E-state index contributed by atoms with van der Waals surface area (Å²) in [7, 11) is 0. The Balaban J connectivity index is 2.07. The van der Waals surface area contributed by atoms with E-state index in [1.807, 2.05) is 36.4 Å². The maximum Gasteiger partial charge on any atom is 0.311 e. The monoisotopic (exact) mass is 306 g/mol. The van der Waals surface area contributed by atoms with Gasteiger partial charge in [-0.2, -0.15) is 0 Å². The van der Waals surface area contributed by atoms with Crippen molar-refractivity contribution in [1.29, 1.82) is 0 Å². The lowest BCUT2D eigenvalue weighted by atomic mass is 9.93. The first-order valence-electron chi connectivity index (χ1n) is 6.34. The van der Waals surface area contributed by atoms with E-state index in [9.17, 15) is 9.90 Å². The van der Waals surface area contributed by atoms with E-state index in [1.165, 1.54) is 0 Å². The average Bonchev–Trinajstić information content (AvgIpc) is 2.82. The number of fused-ring (bicyclic) bond motifs is 1. The van der Waals surface area contributed by atoms with Crippen molar-refractivity contribution >= 4 is 29.2 Å². The molecule has 0 saturated carbocycles. The molecule has 2 atom stereocenters. The number of halogens is 2. The largest absolute Gasteiger partial charge is 0.481 e. The summed E-state index contributed by atoms with van der Waals surface area (Å²) in [5.41, 5.74) is 2.98. The molecule has 0 fully saturated rings. The molecule has 0 aliphatic heterocycles. The first-order valence-corrected chi connectivity index (χ1v) is 7.10. The van der Waals surface area contributed by atoms with Crippen LogP contribution < -0.4 is 0 Å². The number of rotatable bonds is 2. The van der Waals surface area contributed by atoms with Gasteiger partial charge in [0.2, 0.25) is 0 Å². The lowest BCUT2D eigenvalue weighted by molar-refractivity contribution is -0.138. The van der Waals surface area contributed by atoms with Crippen LogP contribution in [0.3, 0.4) is 0 Å². The highest BCUT2D eigenvalue weighted by molar-refractivity contribution is 6.42. The Morgan fingerprint density at radius 1 is 1.05 bits per heavy atom. The Kier molecular flexibility index (Phi) is 3.45. The molecule has 1 N–H and O–H groups in total. The molecule has 1 aliphatic carbocycles. The minimum Gasteiger partial charge on any atom is -0.481 e. The van der Waals surface area contributed by atoms with Crippen LogP contribution in [0.4, 0.5) is 0 Å². The van der Waals surface area contributed by atoms with E-state index in [0.717, 1.165) is 16.7 Å². The molecule has 0 spiro atoms. The fraction of sp³-hybridized carbons (Fsp3) is 0.188. The molecule has 0 bridgehead atoms. The van der Waals surface area contributed by atoms with Crippen LogP contribution in [0.5, 0.6) is 0 Å². The molecule has 0 unspecified atom stereocenters. The third kappa shape index (κ3) is 2.19. The van der Waals surface area contributed by atoms with E-state index < -0.39 is 11.9 Å². The Hall–Kier alpha value is -1.51. The van der Waals surface area contributed by atoms with E-state index >= 15 is 0 Å². The molecule has 2 aromatic carbocycles. The average molecular weight is 307 g/mol. The first-order chi connectivity index (χ1) is 9.58. The summed E-state index contributed by atoms with van der Waals surface area (Å²) >= 11 is 12.0. The van der Waals surface area contributed by atoms with Gasteiger partial charge in [0.05, 0.1) is 16.0 Å². The summed E-state index contributed by atoms with van der Waals surface area (Å²) in [6, 6.07) is 13.2. The molecule has 1 aliphatic rings. The van der Waals surface area contributed by atoms with Crippen LogP contribution >= 0.6 is 23.2 Å². The zero-order chi connectivity index (χ0) is 14.3. The fourth-order valence-electron chi connectivity index (χ4n) is 2.91. The number of benzene rings is 2. The van der Waals surface area contributed by atoms with E-state index in [0.29, 0.717) is 16.5 Å². The van der Waals surface area contributed by atoms with Crippen LogP contribution in [0.15, 0.2) is 42.5 Å². The summed E-state index contributed by atoms with van der Waals surface area (Å²) in [6.45, 7) is 0. The zero-order valence-corrected chi connectivity index (χ0v) is 12.0. The smallest absolute Gasteiger partial charge is 0.311 e. The van der Waals surface area contributed by atoms with Gasteiger partial charge in [-0.05, 0) is 35.2 Å². The summed E-state index contributed by atoms with van der Waals surface area (Å²) in [5, 5.41) is 10.4. The van der Waals surface area contributed by atoms with Crippen LogP contribution in [0.1, 0.15) is 34.9 Å². The van der Waals surface area contributed by atoms with E-state index in [-0.39, 0.29) is 5.92 Å². The molecule has 0 radical (unpaired) electrons. The Labute approximate surface area is 127 Å². The van der Waals surface area contributed by atoms with Crippen molar-refractivity contribution in [3.8, 4) is 0 Å². The maximum absolute atomic E-state index is 11.4. The van der Waals surface area contributed by atoms with Crippen LogP contribution in [-0.4, -0.2) is 11.1 Å². The van der Waals surface area contributed by atoms with Gasteiger partial charge in [0.15, 0.2) is 0 Å². The molecule has 0 aromatic heterocycles. The van der Waals surface area contributed by atoms with Crippen molar-refractivity contribution in [1.82, 2.24) is 0 Å². The van der Waals surface area contributed by atoms with Gasteiger partial charge < -0.3 is 5.11 Å². The lowest BCUT2D eigenvalue weighted by Gasteiger charge is -2.13. The van der Waals surface area contributed by atoms with Crippen molar-refractivity contribution in [2.45, 2.75) is 18.3 Å². The number of carboxylic acid groups (broad SMARTS) is 1. The standard InChI is InChI=1S/C16H12Cl2O2/c17-14-6-5-9(7-15(14)18)12-8-13(16(19)20)11-4-2-1-3-10(11)12/h1-7,12-13H,8H2,(H,19,20)/t12-,13+/m0/s1. The highest BCUT2D eigenvalue weighted by atomic mass is 35.5. The molecular weight excluding hydrogens is 295 g/mol. The minimum absolute atomic E-state index is 0.0575. The summed E-state index contributed by atoms with van der Waals surface area (Å²) in [5.74, 6) is -1.17. The van der Waals surface area contributed by atoms with Gasteiger partial charge in [-0.25, -0.2) is 0 Å². The molecule has 0 heterocycles.